The van der Waals surface area contributed by atoms with Gasteiger partial charge in [-0.3, -0.25) is 0 Å². The average molecular weight is 288 g/mol. The molecule has 1 saturated carbocycles. The molecule has 1 aliphatic carbocycles. The zero-order valence-electron chi connectivity index (χ0n) is 11.9. The fourth-order valence-corrected chi connectivity index (χ4v) is 3.38. The van der Waals surface area contributed by atoms with Gasteiger partial charge < -0.3 is 10.5 Å². The van der Waals surface area contributed by atoms with E-state index in [1.54, 1.807) is 11.3 Å². The molecule has 3 rings (SSSR count). The molecule has 106 valence electrons. The molecule has 1 aromatic heterocycles. The van der Waals surface area contributed by atoms with Crippen LogP contribution in [0.2, 0.25) is 0 Å². The number of nitrogens with zero attached hydrogens (tertiary/aromatic N) is 1. The number of nitrogens with two attached hydrogens (primary N) is 1. The molecular weight excluding hydrogens is 268 g/mol. The van der Waals surface area contributed by atoms with Gasteiger partial charge in [0, 0.05) is 10.9 Å². The van der Waals surface area contributed by atoms with Gasteiger partial charge >= 0.3 is 0 Å². The second-order valence-electron chi connectivity index (χ2n) is 5.74. The van der Waals surface area contributed by atoms with Gasteiger partial charge in [0.1, 0.15) is 10.8 Å². The Kier molecular flexibility index (Phi) is 3.52. The second kappa shape index (κ2) is 5.19. The monoisotopic (exact) mass is 288 g/mol. The Morgan fingerprint density at radius 2 is 1.95 bits per heavy atom. The summed E-state index contributed by atoms with van der Waals surface area (Å²) >= 11 is 1.67. The molecule has 1 aliphatic rings. The van der Waals surface area contributed by atoms with Crippen LogP contribution in [0.15, 0.2) is 29.6 Å². The van der Waals surface area contributed by atoms with E-state index < -0.39 is 0 Å². The molecular formula is C16H20N2OS. The van der Waals surface area contributed by atoms with Crippen LogP contribution in [0.5, 0.6) is 5.75 Å². The van der Waals surface area contributed by atoms with Crippen molar-refractivity contribution in [3.05, 3.63) is 34.7 Å². The topological polar surface area (TPSA) is 48.1 Å². The molecule has 3 nitrogen and oxygen atoms in total. The fourth-order valence-electron chi connectivity index (χ4n) is 2.38. The lowest BCUT2D eigenvalue weighted by Crippen LogP contribution is -2.43. The number of rotatable bonds is 4. The maximum Gasteiger partial charge on any atom is 0.119 e. The van der Waals surface area contributed by atoms with Crippen molar-refractivity contribution >= 4 is 11.3 Å². The van der Waals surface area contributed by atoms with Gasteiger partial charge in [-0.25, -0.2) is 4.98 Å². The van der Waals surface area contributed by atoms with E-state index in [1.807, 2.05) is 26.0 Å². The van der Waals surface area contributed by atoms with Gasteiger partial charge in [0.15, 0.2) is 0 Å². The molecule has 0 unspecified atom stereocenters. The van der Waals surface area contributed by atoms with Crippen LogP contribution in [0, 0.1) is 0 Å². The van der Waals surface area contributed by atoms with Crippen molar-refractivity contribution in [2.24, 2.45) is 5.73 Å². The molecule has 0 bridgehead atoms. The van der Waals surface area contributed by atoms with Gasteiger partial charge in [-0.1, -0.05) is 0 Å². The minimum Gasteiger partial charge on any atom is -0.491 e. The van der Waals surface area contributed by atoms with Crippen LogP contribution in [-0.2, 0) is 5.54 Å². The zero-order valence-corrected chi connectivity index (χ0v) is 12.7. The van der Waals surface area contributed by atoms with E-state index in [2.05, 4.69) is 17.5 Å². The Balaban J connectivity index is 1.79. The summed E-state index contributed by atoms with van der Waals surface area (Å²) in [4.78, 5) is 4.72. The highest BCUT2D eigenvalue weighted by molar-refractivity contribution is 7.10. The molecule has 0 aliphatic heterocycles. The Hall–Kier alpha value is -1.39. The highest BCUT2D eigenvalue weighted by Crippen LogP contribution is 2.41. The van der Waals surface area contributed by atoms with Crippen molar-refractivity contribution in [2.75, 3.05) is 0 Å². The summed E-state index contributed by atoms with van der Waals surface area (Å²) in [7, 11) is 0. The Bertz CT molecular complexity index is 585. The quantitative estimate of drug-likeness (QED) is 0.927. The maximum absolute atomic E-state index is 6.32. The van der Waals surface area contributed by atoms with Crippen molar-refractivity contribution in [1.29, 1.82) is 0 Å². The number of benzene rings is 1. The van der Waals surface area contributed by atoms with Crippen LogP contribution >= 0.6 is 11.3 Å². The summed E-state index contributed by atoms with van der Waals surface area (Å²) in [5.41, 5.74) is 8.29. The number of hydrogen-bond donors (Lipinski definition) is 1. The van der Waals surface area contributed by atoms with Gasteiger partial charge in [-0.05, 0) is 57.4 Å². The van der Waals surface area contributed by atoms with E-state index in [0.29, 0.717) is 0 Å². The summed E-state index contributed by atoms with van der Waals surface area (Å²) in [6, 6.07) is 8.10. The Morgan fingerprint density at radius 3 is 2.50 bits per heavy atom. The van der Waals surface area contributed by atoms with Crippen molar-refractivity contribution in [1.82, 2.24) is 4.98 Å². The normalized spacial score (nSPS) is 17.0. The first-order valence-electron chi connectivity index (χ1n) is 7.09. The maximum atomic E-state index is 6.32. The van der Waals surface area contributed by atoms with Crippen LogP contribution < -0.4 is 10.5 Å². The predicted molar refractivity (Wildman–Crippen MR) is 83.0 cm³/mol. The number of ether oxygens (including phenoxy) is 1. The van der Waals surface area contributed by atoms with Gasteiger partial charge in [0.05, 0.1) is 17.3 Å². The minimum absolute atomic E-state index is 0.163. The molecule has 1 fully saturated rings. The summed E-state index contributed by atoms with van der Waals surface area (Å²) in [5, 5.41) is 3.17. The summed E-state index contributed by atoms with van der Waals surface area (Å²) in [5.74, 6) is 0.897. The molecule has 0 spiro atoms. The number of hydrogen-bond acceptors (Lipinski definition) is 4. The third kappa shape index (κ3) is 2.58. The number of thiazole rings is 1. The fraction of sp³-hybridized carbons (Fsp3) is 0.438. The largest absolute Gasteiger partial charge is 0.491 e. The van der Waals surface area contributed by atoms with Crippen molar-refractivity contribution in [2.45, 2.75) is 44.8 Å². The zero-order chi connectivity index (χ0) is 14.2. The first-order valence-corrected chi connectivity index (χ1v) is 7.97. The predicted octanol–water partition coefficient (Wildman–Crippen LogP) is 3.94. The van der Waals surface area contributed by atoms with E-state index in [1.165, 1.54) is 6.42 Å². The third-order valence-corrected chi connectivity index (χ3v) is 4.76. The molecule has 0 amide bonds. The van der Waals surface area contributed by atoms with Crippen molar-refractivity contribution < 1.29 is 4.74 Å². The van der Waals surface area contributed by atoms with Gasteiger partial charge in [-0.15, -0.1) is 11.3 Å². The minimum atomic E-state index is -0.163. The molecule has 0 atom stereocenters. The van der Waals surface area contributed by atoms with E-state index in [0.717, 1.165) is 34.9 Å². The Morgan fingerprint density at radius 1 is 1.25 bits per heavy atom. The van der Waals surface area contributed by atoms with Crippen LogP contribution in [0.3, 0.4) is 0 Å². The van der Waals surface area contributed by atoms with Crippen molar-refractivity contribution in [3.8, 4) is 17.0 Å². The molecule has 0 radical (unpaired) electrons. The molecule has 1 heterocycles. The van der Waals surface area contributed by atoms with Crippen LogP contribution in [0.4, 0.5) is 0 Å². The molecule has 4 heteroatoms. The highest BCUT2D eigenvalue weighted by atomic mass is 32.1. The van der Waals surface area contributed by atoms with Gasteiger partial charge in [0.2, 0.25) is 0 Å². The standard InChI is InChI=1S/C16H20N2OS/c1-11(2)19-13-6-4-12(5-7-13)14-10-20-15(18-14)16(17)8-3-9-16/h4-7,10-11H,3,8-9,17H2,1-2H3. The Labute approximate surface area is 123 Å². The smallest absolute Gasteiger partial charge is 0.119 e. The van der Waals surface area contributed by atoms with E-state index >= 15 is 0 Å². The van der Waals surface area contributed by atoms with Crippen LogP contribution in [0.1, 0.15) is 38.1 Å². The molecule has 2 aromatic rings. The summed E-state index contributed by atoms with van der Waals surface area (Å²) in [6.45, 7) is 4.06. The van der Waals surface area contributed by atoms with Gasteiger partial charge in [-0.2, -0.15) is 0 Å². The van der Waals surface area contributed by atoms with E-state index in [4.69, 9.17) is 15.5 Å². The summed E-state index contributed by atoms with van der Waals surface area (Å²) < 4.78 is 5.65. The molecule has 20 heavy (non-hydrogen) atoms. The molecule has 1 aromatic carbocycles. The molecule has 0 saturated heterocycles. The number of aromatic nitrogens is 1. The second-order valence-corrected chi connectivity index (χ2v) is 6.60. The lowest BCUT2D eigenvalue weighted by molar-refractivity contribution is 0.242. The van der Waals surface area contributed by atoms with Crippen LogP contribution in [0.25, 0.3) is 11.3 Å². The lowest BCUT2D eigenvalue weighted by Gasteiger charge is -2.35. The first-order chi connectivity index (χ1) is 9.57. The van der Waals surface area contributed by atoms with E-state index in [-0.39, 0.29) is 11.6 Å². The molecule has 2 N–H and O–H groups in total. The summed E-state index contributed by atoms with van der Waals surface area (Å²) in [6.07, 6.45) is 3.52. The van der Waals surface area contributed by atoms with E-state index in [9.17, 15) is 0 Å². The van der Waals surface area contributed by atoms with Crippen LogP contribution in [-0.4, -0.2) is 11.1 Å². The first kappa shape index (κ1) is 13.6. The lowest BCUT2D eigenvalue weighted by atomic mass is 9.78. The average Bonchev–Trinajstić information content (AvgIpc) is 2.86. The SMILES string of the molecule is CC(C)Oc1ccc(-c2csc(C3(N)CCC3)n2)cc1. The van der Waals surface area contributed by atoms with Gasteiger partial charge in [0.25, 0.3) is 0 Å². The van der Waals surface area contributed by atoms with Crippen molar-refractivity contribution in [3.63, 3.8) is 0 Å². The third-order valence-electron chi connectivity index (χ3n) is 3.70. The highest BCUT2D eigenvalue weighted by Gasteiger charge is 2.37.